The highest BCUT2D eigenvalue weighted by Gasteiger charge is 2.42. The molecule has 1 atom stereocenters. The molecule has 0 bridgehead atoms. The molecule has 1 aromatic rings. The first-order valence-corrected chi connectivity index (χ1v) is 7.38. The standard InChI is InChI=1S/C16H19N3O3/c1-3-8-19-9-12-13(15(19)21)14(17-16(22)18(12)2)10-4-6-11(20)7-5-10/h4-7,14,20H,3,8-9H2,1-2H3,(H,17,22). The summed E-state index contributed by atoms with van der Waals surface area (Å²) in [5, 5.41) is 12.3. The first-order chi connectivity index (χ1) is 10.5. The summed E-state index contributed by atoms with van der Waals surface area (Å²) in [6.07, 6.45) is 0.876. The van der Waals surface area contributed by atoms with Gasteiger partial charge in [-0.25, -0.2) is 4.79 Å². The molecule has 3 rings (SSSR count). The summed E-state index contributed by atoms with van der Waals surface area (Å²) in [5.74, 6) is 0.129. The van der Waals surface area contributed by atoms with Crippen LogP contribution in [0.5, 0.6) is 5.75 Å². The van der Waals surface area contributed by atoms with Gasteiger partial charge in [0.2, 0.25) is 0 Å². The number of carbonyl (C=O) groups is 2. The van der Waals surface area contributed by atoms with Crippen LogP contribution in [0.2, 0.25) is 0 Å². The number of carbonyl (C=O) groups excluding carboxylic acids is 2. The lowest BCUT2D eigenvalue weighted by atomic mass is 9.96. The smallest absolute Gasteiger partial charge is 0.322 e. The lowest BCUT2D eigenvalue weighted by Crippen LogP contribution is -2.45. The van der Waals surface area contributed by atoms with E-state index < -0.39 is 6.04 Å². The number of rotatable bonds is 3. The minimum atomic E-state index is -0.464. The summed E-state index contributed by atoms with van der Waals surface area (Å²) >= 11 is 0. The molecular formula is C16H19N3O3. The predicted molar refractivity (Wildman–Crippen MR) is 81.0 cm³/mol. The molecule has 0 aromatic heterocycles. The van der Waals surface area contributed by atoms with E-state index in [9.17, 15) is 14.7 Å². The van der Waals surface area contributed by atoms with Crippen LogP contribution in [-0.2, 0) is 4.79 Å². The number of hydrogen-bond donors (Lipinski definition) is 2. The Hall–Kier alpha value is -2.50. The Morgan fingerprint density at radius 3 is 2.59 bits per heavy atom. The highest BCUT2D eigenvalue weighted by Crippen LogP contribution is 2.35. The Labute approximate surface area is 129 Å². The summed E-state index contributed by atoms with van der Waals surface area (Å²) in [5.41, 5.74) is 2.18. The summed E-state index contributed by atoms with van der Waals surface area (Å²) in [6.45, 7) is 3.17. The quantitative estimate of drug-likeness (QED) is 0.890. The Morgan fingerprint density at radius 2 is 1.95 bits per heavy atom. The number of likely N-dealkylation sites (N-methyl/N-ethyl adjacent to an activating group) is 1. The fourth-order valence-corrected chi connectivity index (χ4v) is 2.99. The van der Waals surface area contributed by atoms with Crippen molar-refractivity contribution in [2.75, 3.05) is 20.1 Å². The topological polar surface area (TPSA) is 72.9 Å². The average molecular weight is 301 g/mol. The molecule has 0 saturated carbocycles. The van der Waals surface area contributed by atoms with E-state index in [0.717, 1.165) is 17.7 Å². The molecule has 1 unspecified atom stereocenters. The fraction of sp³-hybridized carbons (Fsp3) is 0.375. The summed E-state index contributed by atoms with van der Waals surface area (Å²) in [6, 6.07) is 5.89. The maximum Gasteiger partial charge on any atom is 0.322 e. The van der Waals surface area contributed by atoms with E-state index in [-0.39, 0.29) is 17.7 Å². The van der Waals surface area contributed by atoms with Crippen molar-refractivity contribution < 1.29 is 14.7 Å². The van der Waals surface area contributed by atoms with Crippen molar-refractivity contribution in [3.8, 4) is 5.75 Å². The van der Waals surface area contributed by atoms with Crippen molar-refractivity contribution in [3.05, 3.63) is 41.1 Å². The van der Waals surface area contributed by atoms with Crippen LogP contribution in [0.1, 0.15) is 24.9 Å². The Bertz CT molecular complexity index is 651. The van der Waals surface area contributed by atoms with E-state index in [1.165, 1.54) is 4.90 Å². The third-order valence-corrected chi connectivity index (χ3v) is 4.16. The van der Waals surface area contributed by atoms with Crippen LogP contribution in [-0.4, -0.2) is 47.0 Å². The number of amides is 3. The minimum absolute atomic E-state index is 0.0261. The van der Waals surface area contributed by atoms with E-state index in [4.69, 9.17) is 0 Å². The second-order valence-electron chi connectivity index (χ2n) is 5.62. The SMILES string of the molecule is CCCN1CC2=C(C1=O)C(c1ccc(O)cc1)NC(=O)N2C. The molecule has 2 aliphatic heterocycles. The molecule has 22 heavy (non-hydrogen) atoms. The van der Waals surface area contributed by atoms with Gasteiger partial charge in [-0.05, 0) is 24.1 Å². The molecule has 3 amide bonds. The van der Waals surface area contributed by atoms with E-state index in [0.29, 0.717) is 18.7 Å². The predicted octanol–water partition coefficient (Wildman–Crippen LogP) is 1.59. The van der Waals surface area contributed by atoms with Gasteiger partial charge in [0.1, 0.15) is 5.75 Å². The van der Waals surface area contributed by atoms with Crippen LogP contribution >= 0.6 is 0 Å². The lowest BCUT2D eigenvalue weighted by Gasteiger charge is -2.31. The molecule has 0 aliphatic carbocycles. The van der Waals surface area contributed by atoms with Gasteiger partial charge in [0.05, 0.1) is 23.9 Å². The zero-order valence-electron chi connectivity index (χ0n) is 12.7. The lowest BCUT2D eigenvalue weighted by molar-refractivity contribution is -0.125. The first kappa shape index (κ1) is 14.4. The number of urea groups is 1. The van der Waals surface area contributed by atoms with Crippen LogP contribution in [0, 0.1) is 0 Å². The van der Waals surface area contributed by atoms with E-state index >= 15 is 0 Å². The Morgan fingerprint density at radius 1 is 1.27 bits per heavy atom. The van der Waals surface area contributed by atoms with Gasteiger partial charge in [0.15, 0.2) is 0 Å². The first-order valence-electron chi connectivity index (χ1n) is 7.38. The number of nitrogens with zero attached hydrogens (tertiary/aromatic N) is 2. The van der Waals surface area contributed by atoms with Gasteiger partial charge < -0.3 is 15.3 Å². The number of benzene rings is 1. The molecule has 0 saturated heterocycles. The van der Waals surface area contributed by atoms with Gasteiger partial charge in [0.25, 0.3) is 5.91 Å². The van der Waals surface area contributed by atoms with Crippen LogP contribution in [0.25, 0.3) is 0 Å². The highest BCUT2D eigenvalue weighted by molar-refractivity contribution is 6.01. The van der Waals surface area contributed by atoms with Gasteiger partial charge in [-0.2, -0.15) is 0 Å². The van der Waals surface area contributed by atoms with Crippen molar-refractivity contribution >= 4 is 11.9 Å². The molecule has 0 fully saturated rings. The monoisotopic (exact) mass is 301 g/mol. The average Bonchev–Trinajstić information content (AvgIpc) is 2.82. The Kier molecular flexibility index (Phi) is 3.52. The number of phenols is 1. The van der Waals surface area contributed by atoms with Crippen molar-refractivity contribution in [1.29, 1.82) is 0 Å². The summed E-state index contributed by atoms with van der Waals surface area (Å²) in [4.78, 5) is 28.1. The number of hydrogen-bond acceptors (Lipinski definition) is 3. The van der Waals surface area contributed by atoms with Gasteiger partial charge in [0, 0.05) is 13.6 Å². The number of nitrogens with one attached hydrogen (secondary N) is 1. The minimum Gasteiger partial charge on any atom is -0.508 e. The van der Waals surface area contributed by atoms with E-state index in [1.54, 1.807) is 36.2 Å². The molecule has 0 spiro atoms. The molecule has 1 aromatic carbocycles. The molecule has 2 aliphatic rings. The molecule has 6 heteroatoms. The van der Waals surface area contributed by atoms with Crippen LogP contribution < -0.4 is 5.32 Å². The van der Waals surface area contributed by atoms with Crippen LogP contribution in [0.15, 0.2) is 35.5 Å². The van der Waals surface area contributed by atoms with Gasteiger partial charge in [-0.1, -0.05) is 19.1 Å². The maximum absolute atomic E-state index is 12.7. The van der Waals surface area contributed by atoms with Gasteiger partial charge >= 0.3 is 6.03 Å². The van der Waals surface area contributed by atoms with Crippen molar-refractivity contribution in [1.82, 2.24) is 15.1 Å². The summed E-state index contributed by atoms with van der Waals surface area (Å²) in [7, 11) is 1.68. The van der Waals surface area contributed by atoms with Crippen molar-refractivity contribution in [2.45, 2.75) is 19.4 Å². The highest BCUT2D eigenvalue weighted by atomic mass is 16.3. The third-order valence-electron chi connectivity index (χ3n) is 4.16. The largest absolute Gasteiger partial charge is 0.508 e. The van der Waals surface area contributed by atoms with Crippen LogP contribution in [0.3, 0.4) is 0 Å². The third kappa shape index (κ3) is 2.20. The Balaban J connectivity index is 2.02. The van der Waals surface area contributed by atoms with Gasteiger partial charge in [-0.3, -0.25) is 9.69 Å². The maximum atomic E-state index is 12.7. The summed E-state index contributed by atoms with van der Waals surface area (Å²) < 4.78 is 0. The molecule has 6 nitrogen and oxygen atoms in total. The van der Waals surface area contributed by atoms with E-state index in [2.05, 4.69) is 5.32 Å². The van der Waals surface area contributed by atoms with Crippen molar-refractivity contribution in [2.24, 2.45) is 0 Å². The molecular weight excluding hydrogens is 282 g/mol. The number of phenolic OH excluding ortho intramolecular Hbond substituents is 1. The zero-order chi connectivity index (χ0) is 15.9. The van der Waals surface area contributed by atoms with Crippen LogP contribution in [0.4, 0.5) is 4.79 Å². The molecule has 0 radical (unpaired) electrons. The van der Waals surface area contributed by atoms with Gasteiger partial charge in [-0.15, -0.1) is 0 Å². The second kappa shape index (κ2) is 5.36. The number of aromatic hydroxyl groups is 1. The second-order valence-corrected chi connectivity index (χ2v) is 5.62. The zero-order valence-corrected chi connectivity index (χ0v) is 12.7. The fourth-order valence-electron chi connectivity index (χ4n) is 2.99. The van der Waals surface area contributed by atoms with Crippen molar-refractivity contribution in [3.63, 3.8) is 0 Å². The normalized spacial score (nSPS) is 21.3. The van der Waals surface area contributed by atoms with E-state index in [1.807, 2.05) is 6.92 Å². The molecule has 116 valence electrons. The molecule has 2 N–H and O–H groups in total. The molecule has 2 heterocycles.